The number of aryl methyl sites for hydroxylation is 1. The SMILES string of the molecule is Cn1c(C(C)(C)C2CCCNC2)nc2cc(F)ccc21. The van der Waals surface area contributed by atoms with Gasteiger partial charge < -0.3 is 9.88 Å². The normalized spacial score (nSPS) is 20.5. The quantitative estimate of drug-likeness (QED) is 0.913. The Kier molecular flexibility index (Phi) is 3.28. The van der Waals surface area contributed by atoms with Crippen LogP contribution in [0, 0.1) is 11.7 Å². The lowest BCUT2D eigenvalue weighted by Gasteiger charge is -2.36. The van der Waals surface area contributed by atoms with Crippen LogP contribution in [0.5, 0.6) is 0 Å². The van der Waals surface area contributed by atoms with E-state index in [9.17, 15) is 4.39 Å². The molecule has 108 valence electrons. The first-order valence-electron chi connectivity index (χ1n) is 7.33. The Morgan fingerprint density at radius 1 is 1.40 bits per heavy atom. The van der Waals surface area contributed by atoms with Gasteiger partial charge in [-0.3, -0.25) is 0 Å². The molecule has 0 bridgehead atoms. The summed E-state index contributed by atoms with van der Waals surface area (Å²) in [6, 6.07) is 4.84. The van der Waals surface area contributed by atoms with E-state index in [4.69, 9.17) is 4.98 Å². The van der Waals surface area contributed by atoms with Crippen LogP contribution in [-0.4, -0.2) is 22.6 Å². The van der Waals surface area contributed by atoms with Crippen LogP contribution in [0.15, 0.2) is 18.2 Å². The van der Waals surface area contributed by atoms with Crippen molar-refractivity contribution in [2.75, 3.05) is 13.1 Å². The Morgan fingerprint density at radius 2 is 2.20 bits per heavy atom. The summed E-state index contributed by atoms with van der Waals surface area (Å²) < 4.78 is 15.5. The van der Waals surface area contributed by atoms with Gasteiger partial charge in [-0.05, 0) is 44.0 Å². The second-order valence-electron chi connectivity index (χ2n) is 6.39. The molecule has 2 aromatic rings. The van der Waals surface area contributed by atoms with Crippen molar-refractivity contribution < 1.29 is 4.39 Å². The maximum absolute atomic E-state index is 13.4. The zero-order chi connectivity index (χ0) is 14.3. The summed E-state index contributed by atoms with van der Waals surface area (Å²) in [5, 5.41) is 3.48. The van der Waals surface area contributed by atoms with E-state index in [1.807, 2.05) is 13.1 Å². The minimum Gasteiger partial charge on any atom is -0.331 e. The van der Waals surface area contributed by atoms with Crippen molar-refractivity contribution in [2.24, 2.45) is 13.0 Å². The van der Waals surface area contributed by atoms with E-state index in [0.29, 0.717) is 5.92 Å². The highest BCUT2D eigenvalue weighted by Gasteiger charge is 2.36. The second kappa shape index (κ2) is 4.85. The highest BCUT2D eigenvalue weighted by atomic mass is 19.1. The summed E-state index contributed by atoms with van der Waals surface area (Å²) in [4.78, 5) is 4.72. The van der Waals surface area contributed by atoms with E-state index in [1.54, 1.807) is 0 Å². The molecular weight excluding hydrogens is 253 g/mol. The molecule has 3 nitrogen and oxygen atoms in total. The lowest BCUT2D eigenvalue weighted by atomic mass is 9.74. The molecule has 0 radical (unpaired) electrons. The highest BCUT2D eigenvalue weighted by Crippen LogP contribution is 2.36. The van der Waals surface area contributed by atoms with Gasteiger partial charge in [0.05, 0.1) is 11.0 Å². The van der Waals surface area contributed by atoms with E-state index in [2.05, 4.69) is 23.7 Å². The van der Waals surface area contributed by atoms with Gasteiger partial charge in [0.1, 0.15) is 11.6 Å². The molecule has 20 heavy (non-hydrogen) atoms. The van der Waals surface area contributed by atoms with Gasteiger partial charge in [0, 0.05) is 18.5 Å². The van der Waals surface area contributed by atoms with Crippen molar-refractivity contribution in [3.05, 3.63) is 29.8 Å². The molecule has 0 amide bonds. The van der Waals surface area contributed by atoms with Crippen molar-refractivity contribution in [3.63, 3.8) is 0 Å². The molecule has 4 heteroatoms. The van der Waals surface area contributed by atoms with Gasteiger partial charge in [-0.1, -0.05) is 13.8 Å². The molecule has 1 saturated heterocycles. The lowest BCUT2D eigenvalue weighted by molar-refractivity contribution is 0.238. The number of piperidine rings is 1. The molecule has 1 aromatic heterocycles. The smallest absolute Gasteiger partial charge is 0.125 e. The zero-order valence-corrected chi connectivity index (χ0v) is 12.4. The van der Waals surface area contributed by atoms with Crippen molar-refractivity contribution >= 4 is 11.0 Å². The maximum Gasteiger partial charge on any atom is 0.125 e. The minimum atomic E-state index is -0.223. The predicted molar refractivity (Wildman–Crippen MR) is 79.3 cm³/mol. The Hall–Kier alpha value is -1.42. The predicted octanol–water partition coefficient (Wildman–Crippen LogP) is 2.99. The standard InChI is InChI=1S/C16H22FN3/c1-16(2,11-5-4-8-18-10-11)15-19-13-9-12(17)6-7-14(13)20(15)3/h6-7,9,11,18H,4-5,8,10H2,1-3H3. The number of fused-ring (bicyclic) bond motifs is 1. The average molecular weight is 275 g/mol. The number of rotatable bonds is 2. The summed E-state index contributed by atoms with van der Waals surface area (Å²) in [5.41, 5.74) is 1.73. The van der Waals surface area contributed by atoms with Crippen molar-refractivity contribution in [1.29, 1.82) is 0 Å². The molecule has 1 unspecified atom stereocenters. The van der Waals surface area contributed by atoms with E-state index in [1.165, 1.54) is 25.0 Å². The molecule has 0 spiro atoms. The van der Waals surface area contributed by atoms with Gasteiger partial charge in [0.15, 0.2) is 0 Å². The van der Waals surface area contributed by atoms with Gasteiger partial charge in [-0.15, -0.1) is 0 Å². The Labute approximate surface area is 119 Å². The van der Waals surface area contributed by atoms with Crippen LogP contribution in [0.2, 0.25) is 0 Å². The minimum absolute atomic E-state index is 0.0162. The van der Waals surface area contributed by atoms with Gasteiger partial charge in [0.2, 0.25) is 0 Å². The van der Waals surface area contributed by atoms with Crippen LogP contribution < -0.4 is 5.32 Å². The highest BCUT2D eigenvalue weighted by molar-refractivity contribution is 5.76. The van der Waals surface area contributed by atoms with Crippen LogP contribution in [-0.2, 0) is 12.5 Å². The maximum atomic E-state index is 13.4. The Morgan fingerprint density at radius 3 is 2.90 bits per heavy atom. The lowest BCUT2D eigenvalue weighted by Crippen LogP contribution is -2.42. The van der Waals surface area contributed by atoms with Crippen LogP contribution in [0.4, 0.5) is 4.39 Å². The fourth-order valence-corrected chi connectivity index (χ4v) is 3.40. The summed E-state index contributed by atoms with van der Waals surface area (Å²) in [7, 11) is 2.03. The monoisotopic (exact) mass is 275 g/mol. The molecule has 1 aromatic carbocycles. The molecule has 1 atom stereocenters. The van der Waals surface area contributed by atoms with E-state index >= 15 is 0 Å². The molecule has 3 rings (SSSR count). The Bertz CT molecular complexity index is 624. The first kappa shape index (κ1) is 13.6. The van der Waals surface area contributed by atoms with Crippen molar-refractivity contribution in [1.82, 2.24) is 14.9 Å². The molecule has 2 heterocycles. The summed E-state index contributed by atoms with van der Waals surface area (Å²) in [5.74, 6) is 1.39. The molecule has 1 N–H and O–H groups in total. The van der Waals surface area contributed by atoms with Gasteiger partial charge in [-0.2, -0.15) is 0 Å². The average Bonchev–Trinajstić information content (AvgIpc) is 2.77. The largest absolute Gasteiger partial charge is 0.331 e. The number of halogens is 1. The number of imidazole rings is 1. The number of hydrogen-bond donors (Lipinski definition) is 1. The first-order valence-corrected chi connectivity index (χ1v) is 7.33. The van der Waals surface area contributed by atoms with Gasteiger partial charge >= 0.3 is 0 Å². The first-order chi connectivity index (χ1) is 9.50. The van der Waals surface area contributed by atoms with Crippen LogP contribution >= 0.6 is 0 Å². The van der Waals surface area contributed by atoms with Crippen LogP contribution in [0.3, 0.4) is 0 Å². The molecule has 1 aliphatic rings. The number of nitrogens with one attached hydrogen (secondary N) is 1. The van der Waals surface area contributed by atoms with Gasteiger partial charge in [0.25, 0.3) is 0 Å². The Balaban J connectivity index is 2.06. The van der Waals surface area contributed by atoms with Gasteiger partial charge in [-0.25, -0.2) is 9.37 Å². The molecule has 0 aliphatic carbocycles. The third-order valence-electron chi connectivity index (χ3n) is 4.74. The number of nitrogens with zero attached hydrogens (tertiary/aromatic N) is 2. The van der Waals surface area contributed by atoms with Crippen LogP contribution in [0.25, 0.3) is 11.0 Å². The summed E-state index contributed by atoms with van der Waals surface area (Å²) in [6.07, 6.45) is 2.43. The molecule has 1 fully saturated rings. The fourth-order valence-electron chi connectivity index (χ4n) is 3.40. The van der Waals surface area contributed by atoms with E-state index in [-0.39, 0.29) is 11.2 Å². The third-order valence-corrected chi connectivity index (χ3v) is 4.74. The third kappa shape index (κ3) is 2.12. The fraction of sp³-hybridized carbons (Fsp3) is 0.562. The number of aromatic nitrogens is 2. The van der Waals surface area contributed by atoms with E-state index in [0.717, 1.165) is 29.9 Å². The number of hydrogen-bond acceptors (Lipinski definition) is 2. The summed E-state index contributed by atoms with van der Waals surface area (Å²) >= 11 is 0. The molecular formula is C16H22FN3. The van der Waals surface area contributed by atoms with Crippen LogP contribution in [0.1, 0.15) is 32.5 Å². The molecule has 0 saturated carbocycles. The van der Waals surface area contributed by atoms with E-state index < -0.39 is 0 Å². The zero-order valence-electron chi connectivity index (χ0n) is 12.4. The second-order valence-corrected chi connectivity index (χ2v) is 6.39. The van der Waals surface area contributed by atoms with Crippen molar-refractivity contribution in [3.8, 4) is 0 Å². The van der Waals surface area contributed by atoms with Crippen molar-refractivity contribution in [2.45, 2.75) is 32.1 Å². The molecule has 1 aliphatic heterocycles. The number of benzene rings is 1. The summed E-state index contributed by atoms with van der Waals surface area (Å²) in [6.45, 7) is 6.65. The topological polar surface area (TPSA) is 29.9 Å².